The fourth-order valence-corrected chi connectivity index (χ4v) is 1.71. The van der Waals surface area contributed by atoms with Crippen molar-refractivity contribution in [2.45, 2.75) is 19.6 Å². The van der Waals surface area contributed by atoms with Gasteiger partial charge in [-0.2, -0.15) is 18.3 Å². The van der Waals surface area contributed by atoms with Crippen LogP contribution in [0.1, 0.15) is 23.0 Å². The summed E-state index contributed by atoms with van der Waals surface area (Å²) < 4.78 is 39.1. The van der Waals surface area contributed by atoms with Gasteiger partial charge in [-0.3, -0.25) is 9.48 Å². The zero-order chi connectivity index (χ0) is 12.6. The smallest absolute Gasteiger partial charge is 0.296 e. The van der Waals surface area contributed by atoms with Crippen LogP contribution in [0.15, 0.2) is 18.2 Å². The van der Waals surface area contributed by atoms with Gasteiger partial charge in [0.25, 0.3) is 0 Å². The van der Waals surface area contributed by atoms with Crippen molar-refractivity contribution in [2.75, 3.05) is 0 Å². The highest BCUT2D eigenvalue weighted by atomic mass is 19.4. The summed E-state index contributed by atoms with van der Waals surface area (Å²) in [6.07, 6.45) is -3.95. The van der Waals surface area contributed by atoms with Gasteiger partial charge in [-0.25, -0.2) is 0 Å². The van der Waals surface area contributed by atoms with Crippen molar-refractivity contribution in [1.29, 1.82) is 0 Å². The first-order valence-electron chi connectivity index (χ1n) is 5.00. The molecular weight excluding hydrogens is 233 g/mol. The number of carbonyl (C=O) groups is 1. The molecule has 2 rings (SSSR count). The van der Waals surface area contributed by atoms with Crippen LogP contribution in [-0.4, -0.2) is 16.1 Å². The number of carbonyl (C=O) groups excluding carboxylic acids is 1. The minimum absolute atomic E-state index is 0.0351. The normalized spacial score (nSPS) is 12.0. The van der Waals surface area contributed by atoms with Gasteiger partial charge in [0, 0.05) is 11.9 Å². The fourth-order valence-electron chi connectivity index (χ4n) is 1.71. The van der Waals surface area contributed by atoms with E-state index in [0.717, 1.165) is 12.1 Å². The van der Waals surface area contributed by atoms with Gasteiger partial charge in [0.05, 0.1) is 11.1 Å². The molecule has 0 fully saturated rings. The summed E-state index contributed by atoms with van der Waals surface area (Å²) in [5.74, 6) is 0. The second-order valence-corrected chi connectivity index (χ2v) is 3.55. The summed E-state index contributed by atoms with van der Waals surface area (Å²) in [6, 6.07) is 3.28. The molecule has 0 aliphatic heterocycles. The molecule has 0 aliphatic rings. The number of rotatable bonds is 2. The molecule has 0 saturated carbocycles. The Kier molecular flexibility index (Phi) is 2.65. The minimum atomic E-state index is -4.41. The van der Waals surface area contributed by atoms with E-state index in [-0.39, 0.29) is 11.1 Å². The number of halogens is 3. The monoisotopic (exact) mass is 242 g/mol. The Balaban J connectivity index is 2.72. The Bertz CT molecular complexity index is 572. The van der Waals surface area contributed by atoms with E-state index in [9.17, 15) is 18.0 Å². The second-order valence-electron chi connectivity index (χ2n) is 3.55. The Morgan fingerprint density at radius 2 is 2.12 bits per heavy atom. The highest BCUT2D eigenvalue weighted by molar-refractivity contribution is 5.95. The van der Waals surface area contributed by atoms with E-state index in [1.807, 2.05) is 0 Å². The zero-order valence-corrected chi connectivity index (χ0v) is 8.95. The fraction of sp³-hybridized carbons (Fsp3) is 0.273. The van der Waals surface area contributed by atoms with Gasteiger partial charge in [0.2, 0.25) is 0 Å². The lowest BCUT2D eigenvalue weighted by Crippen LogP contribution is -2.04. The maximum atomic E-state index is 12.5. The van der Waals surface area contributed by atoms with Gasteiger partial charge in [-0.15, -0.1) is 0 Å². The first kappa shape index (κ1) is 11.6. The molecule has 0 unspecified atom stereocenters. The average molecular weight is 242 g/mol. The molecule has 1 heterocycles. The molecular formula is C11H9F3N2O. The maximum absolute atomic E-state index is 12.5. The second kappa shape index (κ2) is 3.87. The third-order valence-electron chi connectivity index (χ3n) is 2.52. The van der Waals surface area contributed by atoms with Crippen LogP contribution in [0.25, 0.3) is 10.9 Å². The molecule has 0 aliphatic carbocycles. The topological polar surface area (TPSA) is 34.9 Å². The molecule has 2 aromatic rings. The molecule has 0 bridgehead atoms. The van der Waals surface area contributed by atoms with E-state index in [2.05, 4.69) is 5.10 Å². The third-order valence-corrected chi connectivity index (χ3v) is 2.52. The van der Waals surface area contributed by atoms with E-state index in [1.165, 1.54) is 10.7 Å². The number of benzene rings is 1. The molecule has 0 saturated heterocycles. The van der Waals surface area contributed by atoms with Crippen molar-refractivity contribution >= 4 is 17.2 Å². The van der Waals surface area contributed by atoms with E-state index < -0.39 is 11.7 Å². The number of hydrogen-bond donors (Lipinski definition) is 0. The lowest BCUT2D eigenvalue weighted by atomic mass is 10.1. The predicted octanol–water partition coefficient (Wildman–Crippen LogP) is 2.89. The Morgan fingerprint density at radius 3 is 2.65 bits per heavy atom. The van der Waals surface area contributed by atoms with Gasteiger partial charge in [0.15, 0.2) is 6.29 Å². The summed E-state index contributed by atoms with van der Waals surface area (Å²) in [5, 5.41) is 4.16. The highest BCUT2D eigenvalue weighted by Gasteiger charge is 2.31. The lowest BCUT2D eigenvalue weighted by molar-refractivity contribution is -0.137. The molecule has 0 amide bonds. The van der Waals surface area contributed by atoms with Gasteiger partial charge < -0.3 is 0 Å². The van der Waals surface area contributed by atoms with Crippen molar-refractivity contribution in [2.24, 2.45) is 0 Å². The number of aromatic nitrogens is 2. The van der Waals surface area contributed by atoms with Crippen LogP contribution < -0.4 is 0 Å². The lowest BCUT2D eigenvalue weighted by Gasteiger charge is -2.06. The summed E-state index contributed by atoms with van der Waals surface area (Å²) in [7, 11) is 0. The summed E-state index contributed by atoms with van der Waals surface area (Å²) >= 11 is 0. The van der Waals surface area contributed by atoms with Crippen LogP contribution >= 0.6 is 0 Å². The number of fused-ring (bicyclic) bond motifs is 1. The standard InChI is InChI=1S/C11H9F3N2O/c1-2-16-10-4-3-7(11(12,13)14)5-8(10)9(6-17)15-16/h3-6H,2H2,1H3. The molecule has 1 aromatic carbocycles. The third kappa shape index (κ3) is 1.90. The highest BCUT2D eigenvalue weighted by Crippen LogP contribution is 2.32. The van der Waals surface area contributed by atoms with Crippen LogP contribution in [0.4, 0.5) is 13.2 Å². The van der Waals surface area contributed by atoms with E-state index in [0.29, 0.717) is 18.3 Å². The molecule has 0 atom stereocenters. The number of aldehydes is 1. The predicted molar refractivity (Wildman–Crippen MR) is 55.8 cm³/mol. The Morgan fingerprint density at radius 1 is 1.41 bits per heavy atom. The molecule has 0 N–H and O–H groups in total. The van der Waals surface area contributed by atoms with Crippen molar-refractivity contribution in [3.8, 4) is 0 Å². The average Bonchev–Trinajstić information content (AvgIpc) is 2.64. The SMILES string of the molecule is CCn1nc(C=O)c2cc(C(F)(F)F)ccc21. The molecule has 0 radical (unpaired) electrons. The Labute approximate surface area is 94.8 Å². The van der Waals surface area contributed by atoms with Crippen LogP contribution in [0.5, 0.6) is 0 Å². The van der Waals surface area contributed by atoms with Crippen LogP contribution in [0.3, 0.4) is 0 Å². The molecule has 1 aromatic heterocycles. The molecule has 90 valence electrons. The number of hydrogen-bond acceptors (Lipinski definition) is 2. The number of nitrogens with zero attached hydrogens (tertiary/aromatic N) is 2. The van der Waals surface area contributed by atoms with E-state index in [4.69, 9.17) is 0 Å². The van der Waals surface area contributed by atoms with E-state index in [1.54, 1.807) is 6.92 Å². The minimum Gasteiger partial charge on any atom is -0.296 e. The summed E-state index contributed by atoms with van der Waals surface area (Å²) in [5.41, 5.74) is -0.209. The van der Waals surface area contributed by atoms with Crippen LogP contribution in [-0.2, 0) is 12.7 Å². The molecule has 3 nitrogen and oxygen atoms in total. The first-order chi connectivity index (χ1) is 7.97. The quantitative estimate of drug-likeness (QED) is 0.759. The van der Waals surface area contributed by atoms with Crippen LogP contribution in [0, 0.1) is 0 Å². The van der Waals surface area contributed by atoms with Crippen molar-refractivity contribution in [3.05, 3.63) is 29.5 Å². The summed E-state index contributed by atoms with van der Waals surface area (Å²) in [4.78, 5) is 10.8. The van der Waals surface area contributed by atoms with Crippen LogP contribution in [0.2, 0.25) is 0 Å². The number of alkyl halides is 3. The molecule has 17 heavy (non-hydrogen) atoms. The molecule has 0 spiro atoms. The molecule has 6 heteroatoms. The largest absolute Gasteiger partial charge is 0.416 e. The maximum Gasteiger partial charge on any atom is 0.416 e. The first-order valence-corrected chi connectivity index (χ1v) is 5.00. The van der Waals surface area contributed by atoms with Crippen molar-refractivity contribution in [1.82, 2.24) is 9.78 Å². The van der Waals surface area contributed by atoms with Gasteiger partial charge >= 0.3 is 6.18 Å². The van der Waals surface area contributed by atoms with E-state index >= 15 is 0 Å². The van der Waals surface area contributed by atoms with Crippen molar-refractivity contribution < 1.29 is 18.0 Å². The van der Waals surface area contributed by atoms with Crippen molar-refractivity contribution in [3.63, 3.8) is 0 Å². The summed E-state index contributed by atoms with van der Waals surface area (Å²) in [6.45, 7) is 2.30. The number of aryl methyl sites for hydroxylation is 1. The van der Waals surface area contributed by atoms with Gasteiger partial charge in [0.1, 0.15) is 5.69 Å². The van der Waals surface area contributed by atoms with Gasteiger partial charge in [-0.05, 0) is 25.1 Å². The Hall–Kier alpha value is -1.85. The van der Waals surface area contributed by atoms with Gasteiger partial charge in [-0.1, -0.05) is 0 Å². The zero-order valence-electron chi connectivity index (χ0n) is 8.95.